The molecule has 9 nitrogen and oxygen atoms in total. The van der Waals surface area contributed by atoms with E-state index in [1.54, 1.807) is 6.92 Å². The SMILES string of the molecule is CCc1nc2c(CC)c(C(C)O)n(Cc3ccc(-c4ccccc4-c4nnn[nH]4)cc3)n2n1. The molecule has 9 heteroatoms. The lowest BCUT2D eigenvalue weighted by Gasteiger charge is -2.14. The molecular formula is C24H26N8O. The van der Waals surface area contributed by atoms with Gasteiger partial charge < -0.3 is 5.11 Å². The molecule has 168 valence electrons. The molecule has 0 amide bonds. The Bertz CT molecular complexity index is 1380. The number of hydrogen-bond acceptors (Lipinski definition) is 6. The summed E-state index contributed by atoms with van der Waals surface area (Å²) in [6.07, 6.45) is 0.934. The summed E-state index contributed by atoms with van der Waals surface area (Å²) in [5.41, 5.74) is 6.91. The number of H-pyrrole nitrogens is 1. The number of aliphatic hydroxyl groups excluding tert-OH is 1. The third-order valence-corrected chi connectivity index (χ3v) is 5.91. The predicted octanol–water partition coefficient (Wildman–Crippen LogP) is 3.60. The fourth-order valence-electron chi connectivity index (χ4n) is 4.36. The Hall–Kier alpha value is -3.85. The summed E-state index contributed by atoms with van der Waals surface area (Å²) >= 11 is 0. The summed E-state index contributed by atoms with van der Waals surface area (Å²) in [6.45, 7) is 6.51. The molecule has 0 spiro atoms. The zero-order valence-corrected chi connectivity index (χ0v) is 18.9. The van der Waals surface area contributed by atoms with Crippen molar-refractivity contribution >= 4 is 5.65 Å². The van der Waals surface area contributed by atoms with Gasteiger partial charge in [0.15, 0.2) is 17.3 Å². The number of hydrogen-bond donors (Lipinski definition) is 2. The number of tetrazole rings is 1. The summed E-state index contributed by atoms with van der Waals surface area (Å²) in [5, 5.41) is 29.5. The number of rotatable bonds is 7. The maximum atomic E-state index is 10.5. The van der Waals surface area contributed by atoms with Gasteiger partial charge in [-0.15, -0.1) is 10.2 Å². The van der Waals surface area contributed by atoms with Crippen LogP contribution in [0.3, 0.4) is 0 Å². The zero-order chi connectivity index (χ0) is 22.9. The van der Waals surface area contributed by atoms with Gasteiger partial charge in [0, 0.05) is 17.5 Å². The van der Waals surface area contributed by atoms with Crippen LogP contribution in [0.5, 0.6) is 0 Å². The van der Waals surface area contributed by atoms with Crippen LogP contribution < -0.4 is 0 Å². The molecular weight excluding hydrogens is 416 g/mol. The smallest absolute Gasteiger partial charge is 0.180 e. The Balaban J connectivity index is 1.52. The quantitative estimate of drug-likeness (QED) is 0.398. The Kier molecular flexibility index (Phi) is 5.47. The Labute approximate surface area is 191 Å². The fraction of sp³-hybridized carbons (Fsp3) is 0.292. The van der Waals surface area contributed by atoms with Crippen molar-refractivity contribution in [2.45, 2.75) is 46.3 Å². The molecule has 5 aromatic rings. The Morgan fingerprint density at radius 2 is 1.76 bits per heavy atom. The molecule has 0 bridgehead atoms. The van der Waals surface area contributed by atoms with Crippen LogP contribution in [0.2, 0.25) is 0 Å². The van der Waals surface area contributed by atoms with Gasteiger partial charge in [0.2, 0.25) is 0 Å². The van der Waals surface area contributed by atoms with E-state index in [4.69, 9.17) is 4.98 Å². The van der Waals surface area contributed by atoms with Gasteiger partial charge in [0.25, 0.3) is 0 Å². The van der Waals surface area contributed by atoms with Gasteiger partial charge in [-0.1, -0.05) is 62.4 Å². The highest BCUT2D eigenvalue weighted by atomic mass is 16.3. The molecule has 33 heavy (non-hydrogen) atoms. The van der Waals surface area contributed by atoms with Crippen molar-refractivity contribution in [3.63, 3.8) is 0 Å². The molecule has 0 saturated carbocycles. The molecule has 0 aliphatic rings. The Morgan fingerprint density at radius 1 is 1.00 bits per heavy atom. The van der Waals surface area contributed by atoms with Gasteiger partial charge in [-0.2, -0.15) is 4.63 Å². The van der Waals surface area contributed by atoms with E-state index in [2.05, 4.69) is 63.0 Å². The number of benzene rings is 2. The first-order valence-electron chi connectivity index (χ1n) is 11.2. The third kappa shape index (κ3) is 3.70. The molecule has 0 aliphatic carbocycles. The van der Waals surface area contributed by atoms with Crippen molar-refractivity contribution in [1.82, 2.24) is 40.0 Å². The minimum Gasteiger partial charge on any atom is -0.387 e. The van der Waals surface area contributed by atoms with Gasteiger partial charge in [0.1, 0.15) is 0 Å². The van der Waals surface area contributed by atoms with Crippen LogP contribution in [0.15, 0.2) is 48.5 Å². The number of nitrogens with zero attached hydrogens (tertiary/aromatic N) is 7. The van der Waals surface area contributed by atoms with E-state index in [9.17, 15) is 5.11 Å². The average Bonchev–Trinajstić information content (AvgIpc) is 3.56. The molecule has 0 saturated heterocycles. The lowest BCUT2D eigenvalue weighted by Crippen LogP contribution is -2.14. The fourth-order valence-corrected chi connectivity index (χ4v) is 4.36. The molecule has 5 rings (SSSR count). The van der Waals surface area contributed by atoms with E-state index < -0.39 is 6.10 Å². The maximum absolute atomic E-state index is 10.5. The van der Waals surface area contributed by atoms with Crippen LogP contribution in [-0.2, 0) is 19.4 Å². The van der Waals surface area contributed by atoms with Crippen LogP contribution in [0.25, 0.3) is 28.2 Å². The van der Waals surface area contributed by atoms with E-state index in [0.29, 0.717) is 12.4 Å². The molecule has 3 heterocycles. The van der Waals surface area contributed by atoms with E-state index in [-0.39, 0.29) is 0 Å². The van der Waals surface area contributed by atoms with Crippen molar-refractivity contribution in [2.24, 2.45) is 0 Å². The van der Waals surface area contributed by atoms with Crippen LogP contribution in [0.4, 0.5) is 0 Å². The number of fused-ring (bicyclic) bond motifs is 1. The van der Waals surface area contributed by atoms with E-state index in [1.807, 2.05) is 34.4 Å². The monoisotopic (exact) mass is 442 g/mol. The van der Waals surface area contributed by atoms with Gasteiger partial charge >= 0.3 is 0 Å². The highest BCUT2D eigenvalue weighted by Gasteiger charge is 2.23. The summed E-state index contributed by atoms with van der Waals surface area (Å²) in [4.78, 5) is 4.70. The largest absolute Gasteiger partial charge is 0.387 e. The molecule has 2 N–H and O–H groups in total. The van der Waals surface area contributed by atoms with E-state index in [1.165, 1.54) is 0 Å². The van der Waals surface area contributed by atoms with Crippen molar-refractivity contribution in [3.05, 3.63) is 71.2 Å². The second-order valence-electron chi connectivity index (χ2n) is 8.04. The molecule has 1 unspecified atom stereocenters. The van der Waals surface area contributed by atoms with Gasteiger partial charge in [-0.3, -0.25) is 4.68 Å². The van der Waals surface area contributed by atoms with Crippen LogP contribution in [0, 0.1) is 0 Å². The summed E-state index contributed by atoms with van der Waals surface area (Å²) < 4.78 is 3.88. The van der Waals surface area contributed by atoms with Gasteiger partial charge in [0.05, 0.1) is 18.3 Å². The van der Waals surface area contributed by atoms with E-state index in [0.717, 1.165) is 57.8 Å². The predicted molar refractivity (Wildman–Crippen MR) is 125 cm³/mol. The first-order valence-corrected chi connectivity index (χ1v) is 11.2. The summed E-state index contributed by atoms with van der Waals surface area (Å²) in [5.74, 6) is 1.44. The minimum absolute atomic E-state index is 0.581. The second kappa shape index (κ2) is 8.59. The van der Waals surface area contributed by atoms with Crippen molar-refractivity contribution in [1.29, 1.82) is 0 Å². The van der Waals surface area contributed by atoms with Crippen LogP contribution in [0.1, 0.15) is 49.5 Å². The number of aromatic amines is 1. The lowest BCUT2D eigenvalue weighted by molar-refractivity contribution is 0.185. The first-order chi connectivity index (χ1) is 16.1. The van der Waals surface area contributed by atoms with Crippen molar-refractivity contribution in [2.75, 3.05) is 0 Å². The standard InChI is InChI=1S/C24H26N8O/c1-4-18-22(15(3)33)31(32-24(18)25-21(5-2)28-32)14-16-10-12-17(13-11-16)19-8-6-7-9-20(19)23-26-29-30-27-23/h6-13,15,33H,4-5,14H2,1-3H3,(H,26,27,29,30). The first kappa shape index (κ1) is 21.0. The number of aryl methyl sites for hydroxylation is 2. The van der Waals surface area contributed by atoms with E-state index >= 15 is 0 Å². The molecule has 0 fully saturated rings. The number of aliphatic hydroxyl groups is 1. The maximum Gasteiger partial charge on any atom is 0.180 e. The highest BCUT2D eigenvalue weighted by Crippen LogP contribution is 2.30. The lowest BCUT2D eigenvalue weighted by atomic mass is 9.98. The zero-order valence-electron chi connectivity index (χ0n) is 18.9. The van der Waals surface area contributed by atoms with Gasteiger partial charge in [-0.25, -0.2) is 10.1 Å². The van der Waals surface area contributed by atoms with Crippen LogP contribution in [-0.4, -0.2) is 45.1 Å². The summed E-state index contributed by atoms with van der Waals surface area (Å²) in [7, 11) is 0. The van der Waals surface area contributed by atoms with Gasteiger partial charge in [-0.05, 0) is 40.5 Å². The summed E-state index contributed by atoms with van der Waals surface area (Å²) in [6, 6.07) is 16.4. The second-order valence-corrected chi connectivity index (χ2v) is 8.04. The number of aromatic nitrogens is 8. The number of nitrogens with one attached hydrogen (secondary N) is 1. The minimum atomic E-state index is -0.616. The molecule has 0 radical (unpaired) electrons. The van der Waals surface area contributed by atoms with Crippen LogP contribution >= 0.6 is 0 Å². The highest BCUT2D eigenvalue weighted by molar-refractivity contribution is 5.80. The molecule has 2 aromatic carbocycles. The third-order valence-electron chi connectivity index (χ3n) is 5.91. The average molecular weight is 443 g/mol. The Morgan fingerprint density at radius 3 is 2.39 bits per heavy atom. The normalized spacial score (nSPS) is 12.5. The molecule has 3 aromatic heterocycles. The van der Waals surface area contributed by atoms with Crippen molar-refractivity contribution < 1.29 is 5.11 Å². The topological polar surface area (TPSA) is 110 Å². The van der Waals surface area contributed by atoms with Crippen molar-refractivity contribution in [3.8, 4) is 22.5 Å². The molecule has 1 atom stereocenters. The molecule has 0 aliphatic heterocycles.